The van der Waals surface area contributed by atoms with Gasteiger partial charge in [-0.15, -0.1) is 0 Å². The Morgan fingerprint density at radius 1 is 0.153 bits per heavy atom. The topological polar surface area (TPSA) is 607 Å². The molecule has 0 radical (unpaired) electrons. The van der Waals surface area contributed by atoms with Gasteiger partial charge in [0.05, 0.1) is 119 Å². The summed E-state index contributed by atoms with van der Waals surface area (Å²) in [4.78, 5) is 0. The summed E-state index contributed by atoms with van der Waals surface area (Å²) in [6.07, 6.45) is 1.32. The van der Waals surface area contributed by atoms with E-state index in [1.807, 2.05) is 90.1 Å². The van der Waals surface area contributed by atoms with Crippen molar-refractivity contribution in [3.05, 3.63) is 370 Å². The molecule has 0 saturated heterocycles. The Labute approximate surface area is 836 Å². The minimum atomic E-state index is -0.636. The van der Waals surface area contributed by atoms with Crippen molar-refractivity contribution in [3.8, 4) is 80.1 Å². The molecule has 0 unspecified atom stereocenters. The molecule has 0 aromatic heterocycles. The summed E-state index contributed by atoms with van der Waals surface area (Å²) < 4.78 is 0. The van der Waals surface area contributed by atoms with Crippen molar-refractivity contribution in [2.45, 2.75) is 238 Å². The molecule has 772 valence electrons. The Hall–Kier alpha value is -13.3. The average molecular weight is 1990 g/mol. The van der Waals surface area contributed by atoms with Crippen LogP contribution in [-0.2, 0) is 154 Å². The molecule has 144 heavy (non-hydrogen) atoms. The predicted molar refractivity (Wildman–Crippen MR) is 543 cm³/mol. The molecule has 13 aromatic carbocycles. The normalized spacial score (nSPS) is 11.3. The zero-order valence-corrected chi connectivity index (χ0v) is 82.9. The zero-order valence-electron chi connectivity index (χ0n) is 82.9. The van der Waals surface area contributed by atoms with Crippen molar-refractivity contribution < 1.29 is 153 Å². The zero-order chi connectivity index (χ0) is 107. The van der Waals surface area contributed by atoms with Crippen LogP contribution in [0.1, 0.15) is 242 Å². The minimum absolute atomic E-state index is 0.0505. The maximum atomic E-state index is 10.2. The first-order chi connectivity index (χ1) is 68.2. The number of phenols is 12. The third-order valence-electron chi connectivity index (χ3n) is 26.0. The minimum Gasteiger partial charge on any atom is -0.507 e. The second-order valence-corrected chi connectivity index (χ2v) is 37.2. The van der Waals surface area contributed by atoms with Gasteiger partial charge in [-0.1, -0.05) is 125 Å². The van der Waals surface area contributed by atoms with Crippen LogP contribution in [0.4, 0.5) is 0 Å². The summed E-state index contributed by atoms with van der Waals surface area (Å²) in [5.41, 5.74) is 21.7. The van der Waals surface area contributed by atoms with Crippen LogP contribution < -0.4 is 0 Å². The molecule has 0 aliphatic carbocycles. The molecular formula is C114H136O30. The van der Waals surface area contributed by atoms with Gasteiger partial charge < -0.3 is 153 Å². The molecule has 0 aliphatic heterocycles. The highest BCUT2D eigenvalue weighted by atomic mass is 16.3. The maximum Gasteiger partial charge on any atom is 0.126 e. The van der Waals surface area contributed by atoms with E-state index < -0.39 is 31.8 Å². The quantitative estimate of drug-likeness (QED) is 0.0192. The van der Waals surface area contributed by atoms with E-state index in [-0.39, 0.29) is 195 Å². The molecule has 30 N–H and O–H groups in total. The lowest BCUT2D eigenvalue weighted by molar-refractivity contribution is 0.262. The number of aromatic hydroxyl groups is 12. The van der Waals surface area contributed by atoms with E-state index in [9.17, 15) is 153 Å². The summed E-state index contributed by atoms with van der Waals surface area (Å²) in [5, 5.41) is 288. The fraction of sp³-hybridized carbons (Fsp3) is 0.316. The molecule has 0 bridgehead atoms. The third-order valence-corrected chi connectivity index (χ3v) is 26.0. The number of benzene rings is 13. The van der Waals surface area contributed by atoms with Gasteiger partial charge in [0.2, 0.25) is 0 Å². The third kappa shape index (κ3) is 27.4. The van der Waals surface area contributed by atoms with Crippen LogP contribution in [0.25, 0.3) is 11.1 Å². The molecule has 0 spiro atoms. The van der Waals surface area contributed by atoms with E-state index in [4.69, 9.17) is 0 Å². The molecule has 0 heterocycles. The molecule has 0 amide bonds. The lowest BCUT2D eigenvalue weighted by atomic mass is 9.74. The van der Waals surface area contributed by atoms with Gasteiger partial charge in [-0.2, -0.15) is 0 Å². The average Bonchev–Trinajstić information content (AvgIpc) is 0.768. The van der Waals surface area contributed by atoms with Crippen LogP contribution >= 0.6 is 0 Å². The standard InChI is InChI=1S/C28H34O4.C19H24O6.C17H20O6.2C17H20O4.C16H18O6/c1-17-11-23(13-19(15-29)25(17)31)27(3,4)21-7-9-22(10-8-21)28(5,6)24-12-18(2)26(32)20(14-24)16-30;1-19(2,15-3-11(7-20)17(24)12(4-15)8-21)16-5-13(9-22)18(25)14(6-16)10-23;18-6-12-2-10(3-13(7-19)16(12)22)1-11-4-14(8-20)17(23)15(5-11)9-21;1-10-3-12(6-14(8-18)16(10)20)5-13-4-11(2)17(21)15(7-13)9-19;1-10-3-12(16(20)14(5-10)8-18)7-13-4-11(2)6-15(9-19)17(13)21;17-5-11-1-9(2-12(6-18)15(11)21)10-3-13(7-19)16(22)14(4-10)8-20/h7-14,29-32H,15-16H2,1-6H3;3-6,20-25H,7-10H2,1-2H3;2-5,18-23H,1,6-9H2;3-4,6-7,18-21H,5,8-9H2,1-2H3;3-6,18-21H,7-9H2,1-2H3;1-4,17-22H,5-8H2. The fourth-order valence-electron chi connectivity index (χ4n) is 17.2. The summed E-state index contributed by atoms with van der Waals surface area (Å²) in [5.74, 6) is -0.221. The highest BCUT2D eigenvalue weighted by molar-refractivity contribution is 5.71. The highest BCUT2D eigenvalue weighted by Gasteiger charge is 2.32. The Bertz CT molecular complexity index is 6080. The SMILES string of the molecule is CC(C)(c1cc(CO)c(O)c(CO)c1)c1cc(CO)c(O)c(CO)c1.Cc1cc(C(C)(C)c2ccc(C(C)(C)c3cc(C)c(O)c(CO)c3)cc2)cc(CO)c1O.Cc1cc(CO)c(O)c(Cc2cc(C)cc(CO)c2O)c1.Cc1cc(Cc2cc(C)c(O)c(CO)c2)cc(CO)c1O.OCc1cc(-c2cc(CO)c(O)c(CO)c2)cc(CO)c1O.OCc1cc(Cc2cc(CO)c(O)c(CO)c2)cc(CO)c1O. The lowest BCUT2D eigenvalue weighted by Crippen LogP contribution is -2.22. The van der Waals surface area contributed by atoms with E-state index in [1.165, 1.54) is 0 Å². The Kier molecular flexibility index (Phi) is 41.7. The van der Waals surface area contributed by atoms with Crippen LogP contribution in [0.2, 0.25) is 0 Å². The number of aryl methyl sites for hydroxylation is 6. The van der Waals surface area contributed by atoms with Crippen molar-refractivity contribution in [2.24, 2.45) is 0 Å². The largest absolute Gasteiger partial charge is 0.507 e. The Balaban J connectivity index is 0.000000213. The molecule has 30 nitrogen and oxygen atoms in total. The predicted octanol–water partition coefficient (Wildman–Crippen LogP) is 12.7. The van der Waals surface area contributed by atoms with E-state index in [0.717, 1.165) is 89.0 Å². The summed E-state index contributed by atoms with van der Waals surface area (Å²) in [6.45, 7) is 17.6. The first-order valence-corrected chi connectivity index (χ1v) is 46.3. The molecule has 0 aliphatic rings. The maximum absolute atomic E-state index is 10.2. The van der Waals surface area contributed by atoms with Gasteiger partial charge in [0, 0.05) is 123 Å². The Morgan fingerprint density at radius 2 is 0.299 bits per heavy atom. The van der Waals surface area contributed by atoms with Gasteiger partial charge in [0.25, 0.3) is 0 Å². The van der Waals surface area contributed by atoms with E-state index >= 15 is 0 Å². The molecular weight excluding hydrogens is 1850 g/mol. The molecule has 0 fully saturated rings. The summed E-state index contributed by atoms with van der Waals surface area (Å²) >= 11 is 0. The van der Waals surface area contributed by atoms with Gasteiger partial charge in [-0.25, -0.2) is 0 Å². The molecule has 0 atom stereocenters. The van der Waals surface area contributed by atoms with Crippen LogP contribution in [0.3, 0.4) is 0 Å². The molecule has 30 heteroatoms. The second kappa shape index (κ2) is 51.8. The first-order valence-electron chi connectivity index (χ1n) is 46.3. The first kappa shape index (κ1) is 116. The second-order valence-electron chi connectivity index (χ2n) is 37.2. The number of rotatable bonds is 31. The lowest BCUT2D eigenvalue weighted by Gasteiger charge is -2.30. The van der Waals surface area contributed by atoms with Crippen LogP contribution in [0, 0.1) is 41.5 Å². The van der Waals surface area contributed by atoms with Crippen LogP contribution in [-0.4, -0.2) is 153 Å². The van der Waals surface area contributed by atoms with Crippen molar-refractivity contribution >= 4 is 0 Å². The van der Waals surface area contributed by atoms with E-state index in [1.54, 1.807) is 111 Å². The van der Waals surface area contributed by atoms with Crippen molar-refractivity contribution in [1.29, 1.82) is 0 Å². The number of aliphatic hydroxyl groups excluding tert-OH is 18. The van der Waals surface area contributed by atoms with Gasteiger partial charge in [-0.3, -0.25) is 0 Å². The summed E-state index contributed by atoms with van der Waals surface area (Å²) in [7, 11) is 0. The van der Waals surface area contributed by atoms with Crippen molar-refractivity contribution in [2.75, 3.05) is 0 Å². The van der Waals surface area contributed by atoms with Gasteiger partial charge in [-0.05, 0) is 252 Å². The number of hydrogen-bond acceptors (Lipinski definition) is 30. The molecule has 0 saturated carbocycles. The highest BCUT2D eigenvalue weighted by Crippen LogP contribution is 2.45. The van der Waals surface area contributed by atoms with Crippen molar-refractivity contribution in [3.63, 3.8) is 0 Å². The number of aliphatic hydroxyl groups is 18. The van der Waals surface area contributed by atoms with E-state index in [2.05, 4.69) is 52.0 Å². The van der Waals surface area contributed by atoms with Crippen molar-refractivity contribution in [1.82, 2.24) is 0 Å². The molecule has 13 rings (SSSR count). The smallest absolute Gasteiger partial charge is 0.126 e. The summed E-state index contributed by atoms with van der Waals surface area (Å²) in [6, 6.07) is 49.9. The van der Waals surface area contributed by atoms with Gasteiger partial charge in [0.15, 0.2) is 0 Å². The van der Waals surface area contributed by atoms with E-state index in [0.29, 0.717) is 119 Å². The monoisotopic (exact) mass is 1980 g/mol. The van der Waals surface area contributed by atoms with Crippen LogP contribution in [0.5, 0.6) is 69.0 Å². The van der Waals surface area contributed by atoms with Gasteiger partial charge in [0.1, 0.15) is 69.0 Å². The number of hydrogen-bond donors (Lipinski definition) is 30. The van der Waals surface area contributed by atoms with Crippen LogP contribution in [0.15, 0.2) is 170 Å². The Morgan fingerprint density at radius 3 is 0.514 bits per heavy atom. The fourth-order valence-corrected chi connectivity index (χ4v) is 17.2. The molecule has 13 aromatic rings. The van der Waals surface area contributed by atoms with Gasteiger partial charge >= 0.3 is 0 Å².